The average Bonchev–Trinajstić information content (AvgIpc) is 2.29. The fourth-order valence-corrected chi connectivity index (χ4v) is 2.88. The van der Waals surface area contributed by atoms with E-state index < -0.39 is 12.0 Å². The summed E-state index contributed by atoms with van der Waals surface area (Å²) in [6.07, 6.45) is 3.12. The molecule has 1 atom stereocenters. The standard InChI is InChI=1S/C11H20N2O3S/c1-2-3-9(10(14)15)13-11(16)12-8-4-6-17-7-5-8/h8-9H,2-7H2,1H3,(H,14,15)(H2,12,13,16)/t9-/m0/s1. The molecule has 0 aliphatic carbocycles. The zero-order chi connectivity index (χ0) is 12.7. The number of aliphatic carboxylic acids is 1. The number of carboxylic acids is 1. The van der Waals surface area contributed by atoms with Crippen LogP contribution in [0.5, 0.6) is 0 Å². The van der Waals surface area contributed by atoms with Crippen LogP contribution >= 0.6 is 11.8 Å². The summed E-state index contributed by atoms with van der Waals surface area (Å²) < 4.78 is 0. The normalized spacial score (nSPS) is 18.4. The number of hydrogen-bond acceptors (Lipinski definition) is 3. The van der Waals surface area contributed by atoms with E-state index in [1.54, 1.807) is 0 Å². The van der Waals surface area contributed by atoms with Gasteiger partial charge in [0.15, 0.2) is 0 Å². The van der Waals surface area contributed by atoms with Crippen molar-refractivity contribution in [2.45, 2.75) is 44.7 Å². The lowest BCUT2D eigenvalue weighted by Gasteiger charge is -2.23. The SMILES string of the molecule is CCC[C@H](NC(=O)NC1CCSCC1)C(=O)O. The smallest absolute Gasteiger partial charge is 0.326 e. The predicted octanol–water partition coefficient (Wildman–Crippen LogP) is 1.43. The summed E-state index contributed by atoms with van der Waals surface area (Å²) in [5, 5.41) is 14.3. The van der Waals surface area contributed by atoms with Crippen LogP contribution in [0.1, 0.15) is 32.6 Å². The molecule has 17 heavy (non-hydrogen) atoms. The molecule has 1 fully saturated rings. The molecule has 1 aliphatic rings. The molecule has 1 rings (SSSR count). The largest absolute Gasteiger partial charge is 0.480 e. The quantitative estimate of drug-likeness (QED) is 0.699. The first-order valence-electron chi connectivity index (χ1n) is 6.01. The fourth-order valence-electron chi connectivity index (χ4n) is 1.77. The maximum atomic E-state index is 11.6. The van der Waals surface area contributed by atoms with E-state index >= 15 is 0 Å². The number of hydrogen-bond donors (Lipinski definition) is 3. The van der Waals surface area contributed by atoms with Gasteiger partial charge in [0.2, 0.25) is 0 Å². The summed E-state index contributed by atoms with van der Waals surface area (Å²) in [6.45, 7) is 1.90. The zero-order valence-corrected chi connectivity index (χ0v) is 10.9. The molecule has 98 valence electrons. The molecule has 0 aromatic heterocycles. The van der Waals surface area contributed by atoms with Gasteiger partial charge in [-0.3, -0.25) is 0 Å². The third-order valence-corrected chi connectivity index (χ3v) is 3.79. The van der Waals surface area contributed by atoms with Crippen molar-refractivity contribution < 1.29 is 14.7 Å². The van der Waals surface area contributed by atoms with Crippen LogP contribution in [-0.4, -0.2) is 40.7 Å². The number of carbonyl (C=O) groups excluding carboxylic acids is 1. The van der Waals surface area contributed by atoms with E-state index in [2.05, 4.69) is 10.6 Å². The van der Waals surface area contributed by atoms with Gasteiger partial charge in [0, 0.05) is 6.04 Å². The molecule has 0 bridgehead atoms. The molecule has 2 amide bonds. The highest BCUT2D eigenvalue weighted by Gasteiger charge is 2.21. The van der Waals surface area contributed by atoms with Crippen LogP contribution < -0.4 is 10.6 Å². The average molecular weight is 260 g/mol. The Morgan fingerprint density at radius 2 is 2.06 bits per heavy atom. The first-order valence-corrected chi connectivity index (χ1v) is 7.16. The summed E-state index contributed by atoms with van der Waals surface area (Å²) in [7, 11) is 0. The van der Waals surface area contributed by atoms with E-state index in [1.807, 2.05) is 18.7 Å². The Labute approximate surface area is 106 Å². The number of carboxylic acid groups (broad SMARTS) is 1. The van der Waals surface area contributed by atoms with Crippen LogP contribution in [0.15, 0.2) is 0 Å². The minimum atomic E-state index is -0.971. The third-order valence-electron chi connectivity index (χ3n) is 2.74. The lowest BCUT2D eigenvalue weighted by atomic mass is 10.1. The summed E-state index contributed by atoms with van der Waals surface area (Å²) in [5.74, 6) is 1.14. The minimum absolute atomic E-state index is 0.187. The van der Waals surface area contributed by atoms with E-state index in [4.69, 9.17) is 5.11 Å². The van der Waals surface area contributed by atoms with Gasteiger partial charge in [-0.25, -0.2) is 9.59 Å². The topological polar surface area (TPSA) is 78.4 Å². The number of urea groups is 1. The molecule has 6 heteroatoms. The van der Waals surface area contributed by atoms with Gasteiger partial charge in [-0.2, -0.15) is 11.8 Å². The van der Waals surface area contributed by atoms with E-state index in [0.29, 0.717) is 6.42 Å². The lowest BCUT2D eigenvalue weighted by Crippen LogP contribution is -2.49. The summed E-state index contributed by atoms with van der Waals surface area (Å²) in [4.78, 5) is 22.5. The predicted molar refractivity (Wildman–Crippen MR) is 68.3 cm³/mol. The molecule has 0 aromatic carbocycles. The van der Waals surface area contributed by atoms with Crippen LogP contribution in [0, 0.1) is 0 Å². The number of amides is 2. The Morgan fingerprint density at radius 3 is 2.59 bits per heavy atom. The van der Waals surface area contributed by atoms with Crippen molar-refractivity contribution >= 4 is 23.8 Å². The van der Waals surface area contributed by atoms with Gasteiger partial charge < -0.3 is 15.7 Å². The minimum Gasteiger partial charge on any atom is -0.480 e. The molecule has 0 saturated carbocycles. The van der Waals surface area contributed by atoms with Gasteiger partial charge in [-0.1, -0.05) is 13.3 Å². The maximum absolute atomic E-state index is 11.6. The molecule has 5 nitrogen and oxygen atoms in total. The number of rotatable bonds is 5. The fraction of sp³-hybridized carbons (Fsp3) is 0.818. The summed E-state index contributed by atoms with van der Waals surface area (Å²) >= 11 is 1.89. The molecule has 1 aliphatic heterocycles. The molecular formula is C11H20N2O3S. The Bertz CT molecular complexity index is 267. The van der Waals surface area contributed by atoms with Gasteiger partial charge in [0.1, 0.15) is 6.04 Å². The maximum Gasteiger partial charge on any atom is 0.326 e. The van der Waals surface area contributed by atoms with Gasteiger partial charge in [0.25, 0.3) is 0 Å². The number of nitrogens with one attached hydrogen (secondary N) is 2. The first-order chi connectivity index (χ1) is 8.13. The van der Waals surface area contributed by atoms with Crippen molar-refractivity contribution in [2.24, 2.45) is 0 Å². The number of thioether (sulfide) groups is 1. The molecular weight excluding hydrogens is 240 g/mol. The van der Waals surface area contributed by atoms with E-state index in [0.717, 1.165) is 30.8 Å². The second-order valence-corrected chi connectivity index (χ2v) is 5.41. The molecule has 0 radical (unpaired) electrons. The van der Waals surface area contributed by atoms with Crippen molar-refractivity contribution in [1.82, 2.24) is 10.6 Å². The van der Waals surface area contributed by atoms with Gasteiger partial charge >= 0.3 is 12.0 Å². The van der Waals surface area contributed by atoms with Crippen molar-refractivity contribution in [2.75, 3.05) is 11.5 Å². The molecule has 1 saturated heterocycles. The van der Waals surface area contributed by atoms with E-state index in [1.165, 1.54) is 0 Å². The van der Waals surface area contributed by atoms with Gasteiger partial charge in [0.05, 0.1) is 0 Å². The molecule has 1 heterocycles. The zero-order valence-electron chi connectivity index (χ0n) is 10.1. The molecule has 0 spiro atoms. The molecule has 0 aromatic rings. The Balaban J connectivity index is 2.33. The van der Waals surface area contributed by atoms with Crippen LogP contribution in [0.25, 0.3) is 0 Å². The monoisotopic (exact) mass is 260 g/mol. The Morgan fingerprint density at radius 1 is 1.41 bits per heavy atom. The third kappa shape index (κ3) is 5.30. The van der Waals surface area contributed by atoms with E-state index in [9.17, 15) is 9.59 Å². The van der Waals surface area contributed by atoms with Crippen molar-refractivity contribution in [3.8, 4) is 0 Å². The van der Waals surface area contributed by atoms with Gasteiger partial charge in [-0.15, -0.1) is 0 Å². The first kappa shape index (κ1) is 14.2. The second-order valence-electron chi connectivity index (χ2n) is 4.18. The van der Waals surface area contributed by atoms with Crippen LogP contribution in [0.4, 0.5) is 4.79 Å². The van der Waals surface area contributed by atoms with Crippen molar-refractivity contribution in [3.05, 3.63) is 0 Å². The second kappa shape index (κ2) is 7.42. The Hall–Kier alpha value is -0.910. The van der Waals surface area contributed by atoms with Gasteiger partial charge in [-0.05, 0) is 30.8 Å². The van der Waals surface area contributed by atoms with Crippen LogP contribution in [-0.2, 0) is 4.79 Å². The summed E-state index contributed by atoms with van der Waals surface area (Å²) in [6, 6.07) is -0.951. The highest BCUT2D eigenvalue weighted by Crippen LogP contribution is 2.16. The highest BCUT2D eigenvalue weighted by molar-refractivity contribution is 7.99. The van der Waals surface area contributed by atoms with Crippen molar-refractivity contribution in [1.29, 1.82) is 0 Å². The Kier molecular flexibility index (Phi) is 6.18. The molecule has 0 unspecified atom stereocenters. The number of carbonyl (C=O) groups is 2. The lowest BCUT2D eigenvalue weighted by molar-refractivity contribution is -0.139. The highest BCUT2D eigenvalue weighted by atomic mass is 32.2. The van der Waals surface area contributed by atoms with E-state index in [-0.39, 0.29) is 12.1 Å². The summed E-state index contributed by atoms with van der Waals surface area (Å²) in [5.41, 5.74) is 0. The molecule has 3 N–H and O–H groups in total. The van der Waals surface area contributed by atoms with Crippen LogP contribution in [0.3, 0.4) is 0 Å². The van der Waals surface area contributed by atoms with Crippen LogP contribution in [0.2, 0.25) is 0 Å². The van der Waals surface area contributed by atoms with Crippen molar-refractivity contribution in [3.63, 3.8) is 0 Å².